The van der Waals surface area contributed by atoms with Crippen LogP contribution in [0.5, 0.6) is 0 Å². The van der Waals surface area contributed by atoms with E-state index >= 15 is 0 Å². The molecule has 20 heavy (non-hydrogen) atoms. The molecule has 4 nitrogen and oxygen atoms in total. The van der Waals surface area contributed by atoms with Crippen molar-refractivity contribution in [3.63, 3.8) is 0 Å². The number of hydrogen-bond donors (Lipinski definition) is 0. The molecule has 0 saturated heterocycles. The van der Waals surface area contributed by atoms with Gasteiger partial charge in [0, 0.05) is 31.0 Å². The molecule has 1 heterocycles. The summed E-state index contributed by atoms with van der Waals surface area (Å²) in [6.45, 7) is 7.29. The van der Waals surface area contributed by atoms with Crippen LogP contribution in [-0.4, -0.2) is 33.9 Å². The first-order chi connectivity index (χ1) is 9.67. The lowest BCUT2D eigenvalue weighted by Gasteiger charge is -2.19. The highest BCUT2D eigenvalue weighted by Gasteiger charge is 2.19. The van der Waals surface area contributed by atoms with Crippen LogP contribution in [0.4, 0.5) is 0 Å². The van der Waals surface area contributed by atoms with Gasteiger partial charge in [0.15, 0.2) is 5.69 Å². The molecular formula is C16H19N3O. The second kappa shape index (κ2) is 6.28. The first-order valence-corrected chi connectivity index (χ1v) is 6.84. The van der Waals surface area contributed by atoms with E-state index < -0.39 is 0 Å². The van der Waals surface area contributed by atoms with E-state index in [1.807, 2.05) is 45.0 Å². The third kappa shape index (κ3) is 2.85. The van der Waals surface area contributed by atoms with Crippen molar-refractivity contribution in [2.75, 3.05) is 13.1 Å². The van der Waals surface area contributed by atoms with E-state index in [4.69, 9.17) is 0 Å². The lowest BCUT2D eigenvalue weighted by molar-refractivity contribution is 0.0767. The Kier molecular flexibility index (Phi) is 4.45. The molecule has 0 aliphatic carbocycles. The van der Waals surface area contributed by atoms with Crippen molar-refractivity contribution in [3.8, 4) is 11.3 Å². The Balaban J connectivity index is 2.45. The minimum absolute atomic E-state index is 0.0707. The molecule has 1 aromatic carbocycles. The molecule has 4 heteroatoms. The maximum atomic E-state index is 12.5. The van der Waals surface area contributed by atoms with Gasteiger partial charge in [0.05, 0.1) is 0 Å². The smallest absolute Gasteiger partial charge is 0.274 e. The van der Waals surface area contributed by atoms with Gasteiger partial charge in [0.2, 0.25) is 0 Å². The van der Waals surface area contributed by atoms with Gasteiger partial charge in [-0.15, -0.1) is 0 Å². The molecule has 0 spiro atoms. The summed E-state index contributed by atoms with van der Waals surface area (Å²) in [6.07, 6.45) is 3.18. The largest absolute Gasteiger partial charge is 0.338 e. The molecule has 1 amide bonds. The zero-order valence-electron chi connectivity index (χ0n) is 12.1. The average molecular weight is 269 g/mol. The minimum Gasteiger partial charge on any atom is -0.338 e. The molecule has 0 fully saturated rings. The molecule has 0 radical (unpaired) electrons. The number of benzene rings is 1. The summed E-state index contributed by atoms with van der Waals surface area (Å²) < 4.78 is 0. The van der Waals surface area contributed by atoms with Crippen molar-refractivity contribution in [1.82, 2.24) is 14.9 Å². The Bertz CT molecular complexity index is 589. The highest BCUT2D eigenvalue weighted by molar-refractivity contribution is 5.97. The van der Waals surface area contributed by atoms with Gasteiger partial charge in [0.1, 0.15) is 5.69 Å². The molecule has 2 aromatic rings. The maximum Gasteiger partial charge on any atom is 0.274 e. The van der Waals surface area contributed by atoms with Gasteiger partial charge in [-0.2, -0.15) is 0 Å². The monoisotopic (exact) mass is 269 g/mol. The highest BCUT2D eigenvalue weighted by atomic mass is 16.2. The summed E-state index contributed by atoms with van der Waals surface area (Å²) in [7, 11) is 0. The van der Waals surface area contributed by atoms with E-state index in [2.05, 4.69) is 9.97 Å². The Labute approximate surface area is 119 Å². The summed E-state index contributed by atoms with van der Waals surface area (Å²) in [5.74, 6) is -0.0707. The van der Waals surface area contributed by atoms with Crippen LogP contribution in [-0.2, 0) is 0 Å². The molecule has 0 saturated carbocycles. The van der Waals surface area contributed by atoms with Crippen LogP contribution in [0.25, 0.3) is 11.3 Å². The van der Waals surface area contributed by atoms with Crippen LogP contribution in [0, 0.1) is 6.92 Å². The lowest BCUT2D eigenvalue weighted by atomic mass is 10.1. The molecule has 1 aromatic heterocycles. The minimum atomic E-state index is -0.0707. The van der Waals surface area contributed by atoms with Gasteiger partial charge >= 0.3 is 0 Å². The van der Waals surface area contributed by atoms with Gasteiger partial charge in [0.25, 0.3) is 5.91 Å². The van der Waals surface area contributed by atoms with Gasteiger partial charge in [-0.3, -0.25) is 9.78 Å². The Morgan fingerprint density at radius 3 is 2.25 bits per heavy atom. The number of carbonyl (C=O) groups excluding carboxylic acids is 1. The van der Waals surface area contributed by atoms with Gasteiger partial charge < -0.3 is 4.90 Å². The number of amides is 1. The fraction of sp³-hybridized carbons (Fsp3) is 0.312. The molecule has 0 unspecified atom stereocenters. The van der Waals surface area contributed by atoms with Crippen molar-refractivity contribution in [2.45, 2.75) is 20.8 Å². The number of carbonyl (C=O) groups is 1. The summed E-state index contributed by atoms with van der Waals surface area (Å²) in [4.78, 5) is 22.8. The SMILES string of the molecule is CCN(CC)C(=O)c1nccnc1-c1ccc(C)cc1. The van der Waals surface area contributed by atoms with E-state index in [0.29, 0.717) is 24.5 Å². The predicted octanol–water partition coefficient (Wildman–Crippen LogP) is 2.93. The topological polar surface area (TPSA) is 46.1 Å². The Morgan fingerprint density at radius 1 is 1.05 bits per heavy atom. The second-order valence-corrected chi connectivity index (χ2v) is 4.60. The predicted molar refractivity (Wildman–Crippen MR) is 79.5 cm³/mol. The van der Waals surface area contributed by atoms with E-state index in [9.17, 15) is 4.79 Å². The van der Waals surface area contributed by atoms with Gasteiger partial charge in [-0.25, -0.2) is 4.98 Å². The fourth-order valence-electron chi connectivity index (χ4n) is 2.08. The van der Waals surface area contributed by atoms with E-state index in [1.54, 1.807) is 17.3 Å². The molecule has 0 bridgehead atoms. The number of aromatic nitrogens is 2. The number of aryl methyl sites for hydroxylation is 1. The molecule has 0 aliphatic rings. The van der Waals surface area contributed by atoms with Crippen LogP contribution in [0.3, 0.4) is 0 Å². The normalized spacial score (nSPS) is 10.3. The van der Waals surface area contributed by atoms with E-state index in [0.717, 1.165) is 5.56 Å². The summed E-state index contributed by atoms with van der Waals surface area (Å²) in [6, 6.07) is 7.96. The molecular weight excluding hydrogens is 250 g/mol. The van der Waals surface area contributed by atoms with Crippen LogP contribution in [0.2, 0.25) is 0 Å². The zero-order valence-corrected chi connectivity index (χ0v) is 12.1. The summed E-state index contributed by atoms with van der Waals surface area (Å²) >= 11 is 0. The van der Waals surface area contributed by atoms with E-state index in [-0.39, 0.29) is 5.91 Å². The van der Waals surface area contributed by atoms with Crippen molar-refractivity contribution < 1.29 is 4.79 Å². The molecule has 0 atom stereocenters. The van der Waals surface area contributed by atoms with Crippen molar-refractivity contribution in [2.24, 2.45) is 0 Å². The molecule has 0 aliphatic heterocycles. The maximum absolute atomic E-state index is 12.5. The zero-order chi connectivity index (χ0) is 14.5. The summed E-state index contributed by atoms with van der Waals surface area (Å²) in [5.41, 5.74) is 3.15. The van der Waals surface area contributed by atoms with Crippen molar-refractivity contribution in [3.05, 3.63) is 47.9 Å². The van der Waals surface area contributed by atoms with Crippen molar-refractivity contribution in [1.29, 1.82) is 0 Å². The van der Waals surface area contributed by atoms with Crippen LogP contribution >= 0.6 is 0 Å². The second-order valence-electron chi connectivity index (χ2n) is 4.60. The Hall–Kier alpha value is -2.23. The quantitative estimate of drug-likeness (QED) is 0.857. The van der Waals surface area contributed by atoms with Crippen molar-refractivity contribution >= 4 is 5.91 Å². The first kappa shape index (κ1) is 14.2. The fourth-order valence-corrected chi connectivity index (χ4v) is 2.08. The molecule has 104 valence electrons. The first-order valence-electron chi connectivity index (χ1n) is 6.84. The average Bonchev–Trinajstić information content (AvgIpc) is 2.49. The third-order valence-electron chi connectivity index (χ3n) is 3.28. The molecule has 0 N–H and O–H groups in total. The van der Waals surface area contributed by atoms with Crippen LogP contribution in [0.1, 0.15) is 29.9 Å². The highest BCUT2D eigenvalue weighted by Crippen LogP contribution is 2.21. The van der Waals surface area contributed by atoms with Crippen LogP contribution in [0.15, 0.2) is 36.7 Å². The van der Waals surface area contributed by atoms with Gasteiger partial charge in [-0.1, -0.05) is 29.8 Å². The standard InChI is InChI=1S/C16H19N3O/c1-4-19(5-2)16(20)15-14(17-10-11-18-15)13-8-6-12(3)7-9-13/h6-11H,4-5H2,1-3H3. The number of hydrogen-bond acceptors (Lipinski definition) is 3. The van der Waals surface area contributed by atoms with E-state index in [1.165, 1.54) is 5.56 Å². The van der Waals surface area contributed by atoms with Gasteiger partial charge in [-0.05, 0) is 20.8 Å². The number of rotatable bonds is 4. The summed E-state index contributed by atoms with van der Waals surface area (Å²) in [5, 5.41) is 0. The third-order valence-corrected chi connectivity index (χ3v) is 3.28. The number of nitrogens with zero attached hydrogens (tertiary/aromatic N) is 3. The van der Waals surface area contributed by atoms with Crippen LogP contribution < -0.4 is 0 Å². The Morgan fingerprint density at radius 2 is 1.65 bits per heavy atom. The molecule has 2 rings (SSSR count). The lowest BCUT2D eigenvalue weighted by Crippen LogP contribution is -2.31.